The largest absolute Gasteiger partial charge is 0.452 e. The summed E-state index contributed by atoms with van der Waals surface area (Å²) in [7, 11) is 0. The van der Waals surface area contributed by atoms with E-state index in [4.69, 9.17) is 4.74 Å². The summed E-state index contributed by atoms with van der Waals surface area (Å²) in [6.45, 7) is 9.81. The van der Waals surface area contributed by atoms with Crippen molar-refractivity contribution in [3.63, 3.8) is 0 Å². The number of aromatic nitrogens is 1. The molecule has 2 N–H and O–H groups in total. The zero-order chi connectivity index (χ0) is 20.1. The summed E-state index contributed by atoms with van der Waals surface area (Å²) in [5, 5.41) is 4.71. The molecule has 0 bridgehead atoms. The molecule has 0 unspecified atom stereocenters. The van der Waals surface area contributed by atoms with Crippen molar-refractivity contribution in [1.29, 1.82) is 0 Å². The van der Waals surface area contributed by atoms with E-state index in [2.05, 4.69) is 10.6 Å². The number of benzene rings is 1. The zero-order valence-electron chi connectivity index (χ0n) is 16.3. The summed E-state index contributed by atoms with van der Waals surface area (Å²) >= 11 is 0. The number of anilines is 1. The van der Waals surface area contributed by atoms with Crippen LogP contribution < -0.4 is 10.6 Å². The quantitative estimate of drug-likeness (QED) is 0.790. The predicted molar refractivity (Wildman–Crippen MR) is 103 cm³/mol. The molecule has 27 heavy (non-hydrogen) atoms. The van der Waals surface area contributed by atoms with Crippen molar-refractivity contribution in [1.82, 2.24) is 9.88 Å². The fraction of sp³-hybridized carbons (Fsp3) is 0.350. The van der Waals surface area contributed by atoms with Crippen molar-refractivity contribution >= 4 is 23.6 Å². The predicted octanol–water partition coefficient (Wildman–Crippen LogP) is 3.25. The van der Waals surface area contributed by atoms with Crippen LogP contribution in [0.2, 0.25) is 0 Å². The highest BCUT2D eigenvalue weighted by atomic mass is 16.5. The van der Waals surface area contributed by atoms with Gasteiger partial charge in [0.2, 0.25) is 0 Å². The molecule has 1 aromatic heterocycles. The molecular weight excluding hydrogens is 346 g/mol. The zero-order valence-corrected chi connectivity index (χ0v) is 16.3. The van der Waals surface area contributed by atoms with Crippen LogP contribution in [0.1, 0.15) is 39.8 Å². The van der Waals surface area contributed by atoms with Crippen LogP contribution in [0, 0.1) is 27.7 Å². The van der Waals surface area contributed by atoms with Crippen LogP contribution in [0.4, 0.5) is 10.5 Å². The van der Waals surface area contributed by atoms with Gasteiger partial charge in [0.15, 0.2) is 6.61 Å². The van der Waals surface area contributed by atoms with Gasteiger partial charge in [-0.1, -0.05) is 6.07 Å². The number of nitrogens with zero attached hydrogens (tertiary/aromatic N) is 1. The van der Waals surface area contributed by atoms with Gasteiger partial charge >= 0.3 is 12.0 Å². The molecule has 0 radical (unpaired) electrons. The Balaban J connectivity index is 1.87. The van der Waals surface area contributed by atoms with Crippen molar-refractivity contribution < 1.29 is 19.1 Å². The van der Waals surface area contributed by atoms with Crippen LogP contribution in [-0.4, -0.2) is 29.1 Å². The summed E-state index contributed by atoms with van der Waals surface area (Å²) in [6, 6.07) is 6.48. The third-order valence-corrected chi connectivity index (χ3v) is 4.46. The Morgan fingerprint density at radius 1 is 1.04 bits per heavy atom. The van der Waals surface area contributed by atoms with Crippen molar-refractivity contribution in [2.45, 2.75) is 41.2 Å². The van der Waals surface area contributed by atoms with Gasteiger partial charge in [-0.3, -0.25) is 10.1 Å². The molecule has 0 atom stereocenters. The van der Waals surface area contributed by atoms with Crippen LogP contribution >= 0.6 is 0 Å². The third-order valence-electron chi connectivity index (χ3n) is 4.46. The average Bonchev–Trinajstić information content (AvgIpc) is 2.89. The van der Waals surface area contributed by atoms with Gasteiger partial charge in [-0.2, -0.15) is 0 Å². The summed E-state index contributed by atoms with van der Waals surface area (Å²) in [6.07, 6.45) is 0. The molecule has 1 heterocycles. The fourth-order valence-corrected chi connectivity index (χ4v) is 2.85. The Kier molecular flexibility index (Phi) is 6.39. The summed E-state index contributed by atoms with van der Waals surface area (Å²) in [5.41, 5.74) is 4.85. The standard InChI is InChI=1S/C20H25N3O4/c1-6-23-14(4)10-17(15(23)5)19(25)27-11-18(24)22-20(26)21-16-8-7-12(2)13(3)9-16/h7-10H,6,11H2,1-5H3,(H2,21,22,24,26). The second-order valence-corrected chi connectivity index (χ2v) is 6.41. The number of hydrogen-bond acceptors (Lipinski definition) is 4. The first-order valence-electron chi connectivity index (χ1n) is 8.74. The average molecular weight is 371 g/mol. The maximum Gasteiger partial charge on any atom is 0.340 e. The number of carbonyl (C=O) groups is 3. The number of aryl methyl sites for hydroxylation is 3. The lowest BCUT2D eigenvalue weighted by molar-refractivity contribution is -0.123. The molecule has 2 aromatic rings. The van der Waals surface area contributed by atoms with Crippen LogP contribution in [0.25, 0.3) is 0 Å². The van der Waals surface area contributed by atoms with Gasteiger partial charge < -0.3 is 14.6 Å². The molecule has 0 aliphatic heterocycles. The molecule has 0 aliphatic rings. The van der Waals surface area contributed by atoms with Gasteiger partial charge in [0.05, 0.1) is 5.56 Å². The van der Waals surface area contributed by atoms with Gasteiger partial charge in [0, 0.05) is 23.6 Å². The minimum absolute atomic E-state index is 0.418. The number of ether oxygens (including phenoxy) is 1. The molecule has 7 heteroatoms. The Labute approximate surface area is 158 Å². The van der Waals surface area contributed by atoms with Crippen LogP contribution in [-0.2, 0) is 16.1 Å². The number of imide groups is 1. The van der Waals surface area contributed by atoms with E-state index in [1.165, 1.54) is 0 Å². The maximum absolute atomic E-state index is 12.2. The topological polar surface area (TPSA) is 89.4 Å². The number of carbonyl (C=O) groups excluding carboxylic acids is 3. The van der Waals surface area contributed by atoms with Crippen LogP contribution in [0.5, 0.6) is 0 Å². The minimum Gasteiger partial charge on any atom is -0.452 e. The SMILES string of the molecule is CCn1c(C)cc(C(=O)OCC(=O)NC(=O)Nc2ccc(C)c(C)c2)c1C. The highest BCUT2D eigenvalue weighted by Gasteiger charge is 2.18. The normalized spacial score (nSPS) is 10.4. The molecule has 2 rings (SSSR count). The van der Waals surface area contributed by atoms with Gasteiger partial charge in [0.25, 0.3) is 5.91 Å². The van der Waals surface area contributed by atoms with E-state index >= 15 is 0 Å². The number of esters is 1. The Hall–Kier alpha value is -3.09. The van der Waals surface area contributed by atoms with Gasteiger partial charge in [-0.15, -0.1) is 0 Å². The molecule has 144 valence electrons. The Morgan fingerprint density at radius 2 is 1.74 bits per heavy atom. The molecule has 3 amide bonds. The smallest absolute Gasteiger partial charge is 0.340 e. The minimum atomic E-state index is -0.700. The van der Waals surface area contributed by atoms with E-state index in [1.54, 1.807) is 12.1 Å². The van der Waals surface area contributed by atoms with Crippen molar-refractivity contribution in [3.8, 4) is 0 Å². The number of urea groups is 1. The van der Waals surface area contributed by atoms with Crippen molar-refractivity contribution in [3.05, 3.63) is 52.3 Å². The highest BCUT2D eigenvalue weighted by Crippen LogP contribution is 2.16. The summed E-state index contributed by atoms with van der Waals surface area (Å²) in [5.74, 6) is -1.29. The fourth-order valence-electron chi connectivity index (χ4n) is 2.85. The Morgan fingerprint density at radius 3 is 2.33 bits per heavy atom. The molecule has 0 aliphatic carbocycles. The molecule has 1 aromatic carbocycles. The number of hydrogen-bond donors (Lipinski definition) is 2. The molecule has 0 saturated heterocycles. The van der Waals surface area contributed by atoms with E-state index in [0.29, 0.717) is 11.3 Å². The second-order valence-electron chi connectivity index (χ2n) is 6.41. The number of rotatable bonds is 5. The van der Waals surface area contributed by atoms with E-state index in [9.17, 15) is 14.4 Å². The van der Waals surface area contributed by atoms with E-state index in [-0.39, 0.29) is 0 Å². The van der Waals surface area contributed by atoms with Crippen molar-refractivity contribution in [2.24, 2.45) is 0 Å². The lowest BCUT2D eigenvalue weighted by Gasteiger charge is -2.09. The molecule has 0 saturated carbocycles. The van der Waals surface area contributed by atoms with Crippen LogP contribution in [0.3, 0.4) is 0 Å². The maximum atomic E-state index is 12.2. The Bertz CT molecular complexity index is 884. The lowest BCUT2D eigenvalue weighted by Crippen LogP contribution is -2.37. The summed E-state index contributed by atoms with van der Waals surface area (Å²) < 4.78 is 7.00. The van der Waals surface area contributed by atoms with Gasteiger partial charge in [0.1, 0.15) is 0 Å². The monoisotopic (exact) mass is 371 g/mol. The lowest BCUT2D eigenvalue weighted by atomic mass is 10.1. The molecule has 0 spiro atoms. The number of nitrogens with one attached hydrogen (secondary N) is 2. The van der Waals surface area contributed by atoms with Crippen LogP contribution in [0.15, 0.2) is 24.3 Å². The van der Waals surface area contributed by atoms with Gasteiger partial charge in [-0.25, -0.2) is 9.59 Å². The first-order valence-corrected chi connectivity index (χ1v) is 8.74. The number of amides is 3. The first kappa shape index (κ1) is 20.2. The molecular formula is C20H25N3O4. The van der Waals surface area contributed by atoms with Crippen molar-refractivity contribution in [2.75, 3.05) is 11.9 Å². The highest BCUT2D eigenvalue weighted by molar-refractivity contribution is 6.02. The summed E-state index contributed by atoms with van der Waals surface area (Å²) in [4.78, 5) is 35.9. The molecule has 0 fully saturated rings. The molecule has 7 nitrogen and oxygen atoms in total. The van der Waals surface area contributed by atoms with E-state index in [1.807, 2.05) is 51.3 Å². The van der Waals surface area contributed by atoms with Gasteiger partial charge in [-0.05, 0) is 63.9 Å². The first-order chi connectivity index (χ1) is 12.7. The van der Waals surface area contributed by atoms with E-state index in [0.717, 1.165) is 29.1 Å². The third kappa shape index (κ3) is 4.97. The van der Waals surface area contributed by atoms with E-state index < -0.39 is 24.5 Å². The second kappa shape index (κ2) is 8.53.